The zero-order valence-electron chi connectivity index (χ0n) is 11.4. The van der Waals surface area contributed by atoms with Gasteiger partial charge < -0.3 is 14.7 Å². The molecular weight excluding hydrogens is 244 g/mol. The molecule has 0 aromatic heterocycles. The summed E-state index contributed by atoms with van der Waals surface area (Å²) in [4.78, 5) is 12.9. The minimum atomic E-state index is -1.03. The van der Waals surface area contributed by atoms with E-state index in [0.29, 0.717) is 18.7 Å². The van der Waals surface area contributed by atoms with E-state index in [9.17, 15) is 10.1 Å². The molecule has 0 aliphatic rings. The van der Waals surface area contributed by atoms with Crippen LogP contribution < -0.4 is 4.90 Å². The lowest BCUT2D eigenvalue weighted by molar-refractivity contribution is 0.0697. The number of carboxylic acids is 1. The number of anilines is 1. The number of carbonyl (C=O) groups is 1. The first kappa shape index (κ1) is 15.0. The van der Waals surface area contributed by atoms with Crippen molar-refractivity contribution in [3.8, 4) is 6.07 Å². The van der Waals surface area contributed by atoms with Gasteiger partial charge in [0.2, 0.25) is 0 Å². The molecule has 0 saturated carbocycles. The fraction of sp³-hybridized carbons (Fsp3) is 0.429. The van der Waals surface area contributed by atoms with Crippen LogP contribution in [0.4, 0.5) is 5.69 Å². The Morgan fingerprint density at radius 3 is 2.74 bits per heavy atom. The van der Waals surface area contributed by atoms with Gasteiger partial charge in [0.15, 0.2) is 0 Å². The second kappa shape index (κ2) is 6.76. The number of nitrogens with zero attached hydrogens (tertiary/aromatic N) is 2. The monoisotopic (exact) mass is 262 g/mol. The molecule has 0 fully saturated rings. The maximum absolute atomic E-state index is 10.9. The number of nitriles is 1. The van der Waals surface area contributed by atoms with Gasteiger partial charge in [0.25, 0.3) is 0 Å². The predicted octanol–water partition coefficient (Wildman–Crippen LogP) is 2.12. The molecule has 5 heteroatoms. The highest BCUT2D eigenvalue weighted by Gasteiger charge is 2.17. The SMILES string of the molecule is CCN(c1ccc(C(=O)O)cc1C#N)C(C)COC. The number of aromatic carboxylic acids is 1. The lowest BCUT2D eigenvalue weighted by atomic mass is 10.1. The standard InChI is InChI=1S/C14H18N2O3/c1-4-16(10(2)9-19-3)13-6-5-11(14(17)18)7-12(13)8-15/h5-7,10H,4,9H2,1-3H3,(H,17,18). The van der Waals surface area contributed by atoms with E-state index in [0.717, 1.165) is 5.69 Å². The molecule has 0 amide bonds. The molecular formula is C14H18N2O3. The molecule has 0 radical (unpaired) electrons. The molecule has 0 aliphatic carbocycles. The third-order valence-electron chi connectivity index (χ3n) is 2.95. The van der Waals surface area contributed by atoms with Crippen LogP contribution in [0.15, 0.2) is 18.2 Å². The molecule has 5 nitrogen and oxygen atoms in total. The van der Waals surface area contributed by atoms with E-state index in [1.165, 1.54) is 12.1 Å². The smallest absolute Gasteiger partial charge is 0.335 e. The van der Waals surface area contributed by atoms with E-state index in [1.807, 2.05) is 18.7 Å². The lowest BCUT2D eigenvalue weighted by Gasteiger charge is -2.30. The summed E-state index contributed by atoms with van der Waals surface area (Å²) < 4.78 is 5.12. The zero-order chi connectivity index (χ0) is 14.4. The van der Waals surface area contributed by atoms with Crippen molar-refractivity contribution in [2.45, 2.75) is 19.9 Å². The van der Waals surface area contributed by atoms with Crippen molar-refractivity contribution in [1.29, 1.82) is 5.26 Å². The van der Waals surface area contributed by atoms with Gasteiger partial charge in [-0.2, -0.15) is 5.26 Å². The number of rotatable bonds is 6. The fourth-order valence-electron chi connectivity index (χ4n) is 2.06. The van der Waals surface area contributed by atoms with Gasteiger partial charge in [-0.25, -0.2) is 4.79 Å². The Labute approximate surface area is 113 Å². The summed E-state index contributed by atoms with van der Waals surface area (Å²) in [6.07, 6.45) is 0. The molecule has 0 heterocycles. The van der Waals surface area contributed by atoms with Gasteiger partial charge in [0.05, 0.1) is 23.4 Å². The Kier molecular flexibility index (Phi) is 5.34. The minimum Gasteiger partial charge on any atom is -0.478 e. The van der Waals surface area contributed by atoms with Crippen LogP contribution in [-0.2, 0) is 4.74 Å². The largest absolute Gasteiger partial charge is 0.478 e. The summed E-state index contributed by atoms with van der Waals surface area (Å²) in [5, 5.41) is 18.1. The van der Waals surface area contributed by atoms with Crippen LogP contribution in [0.1, 0.15) is 29.8 Å². The highest BCUT2D eigenvalue weighted by atomic mass is 16.5. The lowest BCUT2D eigenvalue weighted by Crippen LogP contribution is -2.36. The third-order valence-corrected chi connectivity index (χ3v) is 2.95. The molecule has 1 rings (SSSR count). The molecule has 1 N–H and O–H groups in total. The number of hydrogen-bond donors (Lipinski definition) is 1. The highest BCUT2D eigenvalue weighted by Crippen LogP contribution is 2.23. The number of likely N-dealkylation sites (N-methyl/N-ethyl adjacent to an activating group) is 1. The van der Waals surface area contributed by atoms with Crippen LogP contribution in [0.3, 0.4) is 0 Å². The van der Waals surface area contributed by atoms with E-state index in [-0.39, 0.29) is 11.6 Å². The van der Waals surface area contributed by atoms with Crippen LogP contribution >= 0.6 is 0 Å². The molecule has 0 saturated heterocycles. The molecule has 1 aromatic rings. The molecule has 1 atom stereocenters. The minimum absolute atomic E-state index is 0.109. The number of hydrogen-bond acceptors (Lipinski definition) is 4. The Morgan fingerprint density at radius 1 is 1.58 bits per heavy atom. The van der Waals surface area contributed by atoms with Gasteiger partial charge in [-0.3, -0.25) is 0 Å². The van der Waals surface area contributed by atoms with Gasteiger partial charge in [-0.15, -0.1) is 0 Å². The number of benzene rings is 1. The summed E-state index contributed by atoms with van der Waals surface area (Å²) in [5.74, 6) is -1.03. The normalized spacial score (nSPS) is 11.7. The molecule has 0 bridgehead atoms. The molecule has 1 unspecified atom stereocenters. The van der Waals surface area contributed by atoms with Crippen LogP contribution in [0.5, 0.6) is 0 Å². The predicted molar refractivity (Wildman–Crippen MR) is 72.5 cm³/mol. The zero-order valence-corrected chi connectivity index (χ0v) is 11.4. The fourth-order valence-corrected chi connectivity index (χ4v) is 2.06. The summed E-state index contributed by atoms with van der Waals surface area (Å²) in [7, 11) is 1.63. The average molecular weight is 262 g/mol. The second-order valence-electron chi connectivity index (χ2n) is 4.24. The maximum atomic E-state index is 10.9. The van der Waals surface area contributed by atoms with Crippen molar-refractivity contribution < 1.29 is 14.6 Å². The quantitative estimate of drug-likeness (QED) is 0.850. The first-order chi connectivity index (χ1) is 9.04. The Hall–Kier alpha value is -2.06. The van der Waals surface area contributed by atoms with Crippen LogP contribution in [0.25, 0.3) is 0 Å². The molecule has 0 spiro atoms. The topological polar surface area (TPSA) is 73.6 Å². The summed E-state index contributed by atoms with van der Waals surface area (Å²) in [6, 6.07) is 6.76. The van der Waals surface area contributed by atoms with Gasteiger partial charge in [0, 0.05) is 19.7 Å². The van der Waals surface area contributed by atoms with Gasteiger partial charge in [0.1, 0.15) is 6.07 Å². The summed E-state index contributed by atoms with van der Waals surface area (Å²) in [5.41, 5.74) is 1.22. The van der Waals surface area contributed by atoms with Crippen LogP contribution in [0, 0.1) is 11.3 Å². The summed E-state index contributed by atoms with van der Waals surface area (Å²) >= 11 is 0. The van der Waals surface area contributed by atoms with Crippen molar-refractivity contribution in [2.75, 3.05) is 25.2 Å². The van der Waals surface area contributed by atoms with Crippen molar-refractivity contribution >= 4 is 11.7 Å². The van der Waals surface area contributed by atoms with E-state index in [1.54, 1.807) is 13.2 Å². The van der Waals surface area contributed by atoms with E-state index >= 15 is 0 Å². The van der Waals surface area contributed by atoms with E-state index in [2.05, 4.69) is 6.07 Å². The Bertz CT molecular complexity index is 494. The second-order valence-corrected chi connectivity index (χ2v) is 4.24. The molecule has 19 heavy (non-hydrogen) atoms. The van der Waals surface area contributed by atoms with E-state index < -0.39 is 5.97 Å². The molecule has 0 aliphatic heterocycles. The van der Waals surface area contributed by atoms with Gasteiger partial charge in [-0.1, -0.05) is 0 Å². The third kappa shape index (κ3) is 3.46. The number of methoxy groups -OCH3 is 1. The van der Waals surface area contributed by atoms with Crippen molar-refractivity contribution in [1.82, 2.24) is 0 Å². The summed E-state index contributed by atoms with van der Waals surface area (Å²) in [6.45, 7) is 5.24. The van der Waals surface area contributed by atoms with Crippen LogP contribution in [-0.4, -0.2) is 37.4 Å². The Balaban J connectivity index is 3.18. The van der Waals surface area contributed by atoms with Crippen molar-refractivity contribution in [2.24, 2.45) is 0 Å². The van der Waals surface area contributed by atoms with Crippen molar-refractivity contribution in [3.05, 3.63) is 29.3 Å². The van der Waals surface area contributed by atoms with Crippen molar-refractivity contribution in [3.63, 3.8) is 0 Å². The van der Waals surface area contributed by atoms with E-state index in [4.69, 9.17) is 9.84 Å². The maximum Gasteiger partial charge on any atom is 0.335 e. The first-order valence-corrected chi connectivity index (χ1v) is 6.08. The molecule has 102 valence electrons. The Morgan fingerprint density at radius 2 is 2.26 bits per heavy atom. The van der Waals surface area contributed by atoms with Gasteiger partial charge in [-0.05, 0) is 32.0 Å². The first-order valence-electron chi connectivity index (χ1n) is 6.08. The number of ether oxygens (including phenoxy) is 1. The molecule has 1 aromatic carbocycles. The highest BCUT2D eigenvalue weighted by molar-refractivity contribution is 5.89. The number of carboxylic acid groups (broad SMARTS) is 1. The average Bonchev–Trinajstić information content (AvgIpc) is 2.40. The van der Waals surface area contributed by atoms with Crippen LogP contribution in [0.2, 0.25) is 0 Å². The van der Waals surface area contributed by atoms with Gasteiger partial charge >= 0.3 is 5.97 Å².